The summed E-state index contributed by atoms with van der Waals surface area (Å²) in [7, 11) is 7.48. The third-order valence-corrected chi connectivity index (χ3v) is 5.30. The summed E-state index contributed by atoms with van der Waals surface area (Å²) < 4.78 is 31.9. The standard InChI is InChI=1S/C26H28N4O7/c1-32-8-9-37-26-29-15-19(23(31)17-11-21(34-3)24(36-5)22(12-17)35-4)25(30-26)28-14-16-6-7-20(33-2)18(10-16)13-27/h6-7,10-12,15H,8-9,14H2,1-5H3,(H,28,29,30). The quantitative estimate of drug-likeness (QED) is 0.269. The fourth-order valence-corrected chi connectivity index (χ4v) is 3.46. The van der Waals surface area contributed by atoms with Crippen molar-refractivity contribution < 1.29 is 33.2 Å². The topological polar surface area (TPSA) is 134 Å². The second-order valence-electron chi connectivity index (χ2n) is 7.50. The molecule has 0 atom stereocenters. The minimum Gasteiger partial charge on any atom is -0.495 e. The van der Waals surface area contributed by atoms with Crippen molar-refractivity contribution in [3.8, 4) is 35.1 Å². The molecular weight excluding hydrogens is 480 g/mol. The smallest absolute Gasteiger partial charge is 0.318 e. The first-order chi connectivity index (χ1) is 18.0. The molecule has 0 aliphatic heterocycles. The van der Waals surface area contributed by atoms with Crippen LogP contribution in [0.15, 0.2) is 36.5 Å². The van der Waals surface area contributed by atoms with E-state index in [4.69, 9.17) is 28.4 Å². The summed E-state index contributed by atoms with van der Waals surface area (Å²) in [5, 5.41) is 12.6. The van der Waals surface area contributed by atoms with E-state index in [-0.39, 0.29) is 41.9 Å². The number of ether oxygens (including phenoxy) is 6. The molecule has 0 aliphatic carbocycles. The first-order valence-corrected chi connectivity index (χ1v) is 11.1. The van der Waals surface area contributed by atoms with Crippen molar-refractivity contribution in [3.05, 3.63) is 58.8 Å². The van der Waals surface area contributed by atoms with Crippen LogP contribution in [0.4, 0.5) is 5.82 Å². The van der Waals surface area contributed by atoms with Gasteiger partial charge >= 0.3 is 6.01 Å². The molecule has 3 aromatic rings. The number of carbonyl (C=O) groups excluding carboxylic acids is 1. The Morgan fingerprint density at radius 3 is 2.24 bits per heavy atom. The summed E-state index contributed by atoms with van der Waals surface area (Å²) in [4.78, 5) is 22.2. The summed E-state index contributed by atoms with van der Waals surface area (Å²) in [6, 6.07) is 10.5. The highest BCUT2D eigenvalue weighted by Gasteiger charge is 2.22. The largest absolute Gasteiger partial charge is 0.495 e. The number of benzene rings is 2. The minimum atomic E-state index is -0.377. The number of methoxy groups -OCH3 is 5. The molecule has 1 aromatic heterocycles. The molecule has 0 amide bonds. The van der Waals surface area contributed by atoms with E-state index >= 15 is 0 Å². The number of hydrogen-bond acceptors (Lipinski definition) is 11. The molecule has 37 heavy (non-hydrogen) atoms. The van der Waals surface area contributed by atoms with Gasteiger partial charge in [-0.25, -0.2) is 4.98 Å². The van der Waals surface area contributed by atoms with Crippen molar-refractivity contribution in [2.75, 3.05) is 54.1 Å². The minimum absolute atomic E-state index is 0.0773. The van der Waals surface area contributed by atoms with E-state index in [1.807, 2.05) is 6.07 Å². The first-order valence-electron chi connectivity index (χ1n) is 11.1. The maximum absolute atomic E-state index is 13.6. The third-order valence-electron chi connectivity index (χ3n) is 5.30. The molecule has 0 saturated carbocycles. The third kappa shape index (κ3) is 6.36. The highest BCUT2D eigenvalue weighted by Crippen LogP contribution is 2.39. The van der Waals surface area contributed by atoms with Gasteiger partial charge in [-0.3, -0.25) is 4.79 Å². The molecule has 194 valence electrons. The van der Waals surface area contributed by atoms with Crippen LogP contribution in [-0.4, -0.2) is 64.5 Å². The van der Waals surface area contributed by atoms with Crippen molar-refractivity contribution in [2.45, 2.75) is 6.54 Å². The van der Waals surface area contributed by atoms with Gasteiger partial charge in [0.2, 0.25) is 5.75 Å². The lowest BCUT2D eigenvalue weighted by Gasteiger charge is -2.15. The Labute approximate surface area is 214 Å². The number of aromatic nitrogens is 2. The summed E-state index contributed by atoms with van der Waals surface area (Å²) in [5.41, 5.74) is 1.65. The van der Waals surface area contributed by atoms with Gasteiger partial charge in [0.1, 0.15) is 24.2 Å². The second-order valence-corrected chi connectivity index (χ2v) is 7.50. The van der Waals surface area contributed by atoms with E-state index in [9.17, 15) is 10.1 Å². The number of carbonyl (C=O) groups is 1. The average molecular weight is 509 g/mol. The molecule has 2 aromatic carbocycles. The Kier molecular flexibility index (Phi) is 9.46. The van der Waals surface area contributed by atoms with Crippen molar-refractivity contribution in [3.63, 3.8) is 0 Å². The molecule has 0 fully saturated rings. The molecule has 11 nitrogen and oxygen atoms in total. The van der Waals surface area contributed by atoms with Crippen LogP contribution in [0.5, 0.6) is 29.0 Å². The molecular formula is C26H28N4O7. The van der Waals surface area contributed by atoms with Gasteiger partial charge in [-0.15, -0.1) is 0 Å². The molecule has 0 radical (unpaired) electrons. The van der Waals surface area contributed by atoms with E-state index in [0.717, 1.165) is 5.56 Å². The Balaban J connectivity index is 1.98. The van der Waals surface area contributed by atoms with Crippen LogP contribution < -0.4 is 29.0 Å². The van der Waals surface area contributed by atoms with Crippen LogP contribution in [0.1, 0.15) is 27.0 Å². The van der Waals surface area contributed by atoms with Gasteiger partial charge in [0.15, 0.2) is 17.3 Å². The molecule has 0 unspecified atom stereocenters. The lowest BCUT2D eigenvalue weighted by Crippen LogP contribution is -2.13. The summed E-state index contributed by atoms with van der Waals surface area (Å²) in [6.07, 6.45) is 1.39. The second kappa shape index (κ2) is 12.9. The zero-order valence-corrected chi connectivity index (χ0v) is 21.3. The predicted octanol–water partition coefficient (Wildman–Crippen LogP) is 3.25. The van der Waals surface area contributed by atoms with Gasteiger partial charge in [0, 0.05) is 25.4 Å². The van der Waals surface area contributed by atoms with Crippen LogP contribution >= 0.6 is 0 Å². The van der Waals surface area contributed by atoms with Gasteiger partial charge in [0.25, 0.3) is 0 Å². The van der Waals surface area contributed by atoms with Crippen LogP contribution in [0.2, 0.25) is 0 Å². The van der Waals surface area contributed by atoms with E-state index < -0.39 is 0 Å². The Hall–Kier alpha value is -4.56. The average Bonchev–Trinajstić information content (AvgIpc) is 2.94. The number of nitrogens with one attached hydrogen (secondary N) is 1. The van der Waals surface area contributed by atoms with Gasteiger partial charge < -0.3 is 33.7 Å². The number of hydrogen-bond donors (Lipinski definition) is 1. The van der Waals surface area contributed by atoms with Gasteiger partial charge in [0.05, 0.1) is 46.2 Å². The van der Waals surface area contributed by atoms with Crippen LogP contribution in [-0.2, 0) is 11.3 Å². The monoisotopic (exact) mass is 508 g/mol. The van der Waals surface area contributed by atoms with Crippen molar-refractivity contribution in [1.29, 1.82) is 5.26 Å². The van der Waals surface area contributed by atoms with E-state index in [1.54, 1.807) is 31.4 Å². The van der Waals surface area contributed by atoms with Gasteiger partial charge in [-0.1, -0.05) is 6.07 Å². The predicted molar refractivity (Wildman–Crippen MR) is 134 cm³/mol. The van der Waals surface area contributed by atoms with E-state index in [0.29, 0.717) is 35.2 Å². The maximum atomic E-state index is 13.6. The van der Waals surface area contributed by atoms with Crippen LogP contribution in [0.25, 0.3) is 0 Å². The zero-order chi connectivity index (χ0) is 26.8. The van der Waals surface area contributed by atoms with Gasteiger partial charge in [-0.05, 0) is 29.8 Å². The highest BCUT2D eigenvalue weighted by atomic mass is 16.5. The molecule has 0 aliphatic rings. The van der Waals surface area contributed by atoms with Crippen molar-refractivity contribution in [1.82, 2.24) is 9.97 Å². The molecule has 0 saturated heterocycles. The normalized spacial score (nSPS) is 10.3. The Morgan fingerprint density at radius 2 is 1.65 bits per heavy atom. The molecule has 1 heterocycles. The summed E-state index contributed by atoms with van der Waals surface area (Å²) in [5.74, 6) is 1.38. The molecule has 0 spiro atoms. The number of rotatable bonds is 13. The van der Waals surface area contributed by atoms with Crippen LogP contribution in [0.3, 0.4) is 0 Å². The number of nitriles is 1. The maximum Gasteiger partial charge on any atom is 0.318 e. The van der Waals surface area contributed by atoms with Gasteiger partial charge in [-0.2, -0.15) is 10.2 Å². The number of anilines is 1. The molecule has 0 bridgehead atoms. The van der Waals surface area contributed by atoms with Crippen molar-refractivity contribution in [2.24, 2.45) is 0 Å². The first kappa shape index (κ1) is 27.0. The Morgan fingerprint density at radius 1 is 0.946 bits per heavy atom. The Bertz CT molecular complexity index is 1270. The summed E-state index contributed by atoms with van der Waals surface area (Å²) >= 11 is 0. The van der Waals surface area contributed by atoms with Crippen LogP contribution in [0, 0.1) is 11.3 Å². The number of ketones is 1. The highest BCUT2D eigenvalue weighted by molar-refractivity contribution is 6.12. The molecule has 11 heteroatoms. The van der Waals surface area contributed by atoms with E-state index in [1.165, 1.54) is 34.6 Å². The fraction of sp³-hybridized carbons (Fsp3) is 0.308. The SMILES string of the molecule is COCCOc1ncc(C(=O)c2cc(OC)c(OC)c(OC)c2)c(NCc2ccc(OC)c(C#N)c2)n1. The lowest BCUT2D eigenvalue weighted by molar-refractivity contribution is 0.103. The molecule has 1 N–H and O–H groups in total. The lowest BCUT2D eigenvalue weighted by atomic mass is 10.0. The molecule has 3 rings (SSSR count). The number of nitrogens with zero attached hydrogens (tertiary/aromatic N) is 3. The van der Waals surface area contributed by atoms with Crippen molar-refractivity contribution >= 4 is 11.6 Å². The fourth-order valence-electron chi connectivity index (χ4n) is 3.46. The van der Waals surface area contributed by atoms with E-state index in [2.05, 4.69) is 21.4 Å². The zero-order valence-electron chi connectivity index (χ0n) is 21.3. The summed E-state index contributed by atoms with van der Waals surface area (Å²) in [6.45, 7) is 0.851.